The summed E-state index contributed by atoms with van der Waals surface area (Å²) in [4.78, 5) is 27.1. The van der Waals surface area contributed by atoms with Gasteiger partial charge in [0.25, 0.3) is 0 Å². The molecular weight excluding hydrogens is 338 g/mol. The summed E-state index contributed by atoms with van der Waals surface area (Å²) in [5.41, 5.74) is 7.70. The normalized spacial score (nSPS) is 14.3. The summed E-state index contributed by atoms with van der Waals surface area (Å²) in [6.45, 7) is 3.36. The number of hydrogen-bond donors (Lipinski definition) is 1. The van der Waals surface area contributed by atoms with Crippen molar-refractivity contribution in [3.8, 4) is 0 Å². The van der Waals surface area contributed by atoms with Crippen LogP contribution in [0, 0.1) is 0 Å². The van der Waals surface area contributed by atoms with E-state index in [0.29, 0.717) is 51.0 Å². The lowest BCUT2D eigenvalue weighted by atomic mass is 10.2. The molecule has 0 radical (unpaired) electrons. The first kappa shape index (κ1) is 20.2. The molecule has 0 saturated carbocycles. The molecule has 2 amide bonds. The highest BCUT2D eigenvalue weighted by molar-refractivity contribution is 6.21. The molecule has 2 rings (SSSR count). The van der Waals surface area contributed by atoms with Crippen molar-refractivity contribution in [3.63, 3.8) is 0 Å². The largest absolute Gasteiger partial charge is 0.397 e. The van der Waals surface area contributed by atoms with Crippen LogP contribution in [0.25, 0.3) is 0 Å². The van der Waals surface area contributed by atoms with E-state index in [-0.39, 0.29) is 24.7 Å². The Morgan fingerprint density at radius 1 is 1.04 bits per heavy atom. The van der Waals surface area contributed by atoms with Gasteiger partial charge >= 0.3 is 0 Å². The minimum absolute atomic E-state index is 0.210. The first-order valence-corrected chi connectivity index (χ1v) is 8.65. The van der Waals surface area contributed by atoms with Crippen LogP contribution < -0.4 is 15.5 Å². The van der Waals surface area contributed by atoms with Gasteiger partial charge in [-0.15, -0.1) is 0 Å². The molecule has 1 aliphatic rings. The maximum Gasteiger partial charge on any atom is 0.234 e. The number of anilines is 3. The molecule has 8 heteroatoms. The zero-order chi connectivity index (χ0) is 18.9. The molecule has 1 saturated heterocycles. The molecule has 2 N–H and O–H groups in total. The fourth-order valence-electron chi connectivity index (χ4n) is 2.60. The van der Waals surface area contributed by atoms with Crippen molar-refractivity contribution in [2.75, 3.05) is 69.3 Å². The first-order valence-electron chi connectivity index (χ1n) is 8.65. The van der Waals surface area contributed by atoms with Crippen molar-refractivity contribution in [3.05, 3.63) is 18.2 Å². The van der Waals surface area contributed by atoms with Gasteiger partial charge in [-0.05, 0) is 18.2 Å². The van der Waals surface area contributed by atoms with Crippen LogP contribution in [0.4, 0.5) is 17.1 Å². The molecule has 144 valence electrons. The van der Waals surface area contributed by atoms with Gasteiger partial charge < -0.3 is 24.8 Å². The second-order valence-corrected chi connectivity index (χ2v) is 6.01. The monoisotopic (exact) mass is 365 g/mol. The molecule has 1 aromatic rings. The van der Waals surface area contributed by atoms with Crippen LogP contribution in [0.15, 0.2) is 18.2 Å². The van der Waals surface area contributed by atoms with E-state index in [1.807, 2.05) is 18.0 Å². The summed E-state index contributed by atoms with van der Waals surface area (Å²) in [6.07, 6.45) is 0.470. The van der Waals surface area contributed by atoms with Gasteiger partial charge in [0.05, 0.1) is 44.4 Å². The number of ether oxygens (including phenoxy) is 3. The van der Waals surface area contributed by atoms with Crippen molar-refractivity contribution >= 4 is 28.9 Å². The molecule has 0 spiro atoms. The second-order valence-electron chi connectivity index (χ2n) is 6.01. The van der Waals surface area contributed by atoms with Crippen LogP contribution in [0.1, 0.15) is 12.8 Å². The van der Waals surface area contributed by atoms with E-state index in [1.54, 1.807) is 19.2 Å². The average molecular weight is 365 g/mol. The number of imide groups is 1. The Morgan fingerprint density at radius 3 is 2.31 bits per heavy atom. The van der Waals surface area contributed by atoms with E-state index >= 15 is 0 Å². The number of amides is 2. The Hall–Kier alpha value is -2.16. The molecule has 1 aromatic carbocycles. The number of carbonyl (C=O) groups excluding carboxylic acids is 2. The molecule has 8 nitrogen and oxygen atoms in total. The van der Waals surface area contributed by atoms with Crippen LogP contribution in [0.5, 0.6) is 0 Å². The minimum Gasteiger partial charge on any atom is -0.397 e. The third kappa shape index (κ3) is 5.42. The smallest absolute Gasteiger partial charge is 0.234 e. The number of nitrogen functional groups attached to an aromatic ring is 1. The summed E-state index contributed by atoms with van der Waals surface area (Å²) in [5, 5.41) is 0. The maximum absolute atomic E-state index is 12.0. The molecule has 1 aliphatic heterocycles. The summed E-state index contributed by atoms with van der Waals surface area (Å²) in [5.74, 6) is -0.420. The van der Waals surface area contributed by atoms with E-state index < -0.39 is 0 Å². The molecule has 26 heavy (non-hydrogen) atoms. The van der Waals surface area contributed by atoms with Crippen molar-refractivity contribution < 1.29 is 23.8 Å². The zero-order valence-electron chi connectivity index (χ0n) is 15.4. The number of benzene rings is 1. The Bertz CT molecular complexity index is 607. The molecule has 0 aromatic heterocycles. The molecule has 1 heterocycles. The van der Waals surface area contributed by atoms with Crippen LogP contribution in [0.2, 0.25) is 0 Å². The van der Waals surface area contributed by atoms with E-state index in [0.717, 1.165) is 5.69 Å². The molecule has 0 atom stereocenters. The van der Waals surface area contributed by atoms with Crippen LogP contribution in [-0.2, 0) is 23.8 Å². The lowest BCUT2D eigenvalue weighted by Gasteiger charge is -2.23. The number of nitrogens with zero attached hydrogens (tertiary/aromatic N) is 2. The highest BCUT2D eigenvalue weighted by Crippen LogP contribution is 2.32. The van der Waals surface area contributed by atoms with E-state index in [4.69, 9.17) is 19.9 Å². The fourth-order valence-corrected chi connectivity index (χ4v) is 2.60. The minimum atomic E-state index is -0.210. The summed E-state index contributed by atoms with van der Waals surface area (Å²) < 4.78 is 15.8. The highest BCUT2D eigenvalue weighted by atomic mass is 16.5. The SMILES string of the molecule is COCCOCCOCCN(C)c1ccc(N)c(N2C(=O)CCC2=O)c1. The van der Waals surface area contributed by atoms with Gasteiger partial charge in [0.15, 0.2) is 0 Å². The summed E-state index contributed by atoms with van der Waals surface area (Å²) >= 11 is 0. The van der Waals surface area contributed by atoms with Crippen molar-refractivity contribution in [1.29, 1.82) is 0 Å². The van der Waals surface area contributed by atoms with Crippen LogP contribution in [0.3, 0.4) is 0 Å². The summed E-state index contributed by atoms with van der Waals surface area (Å²) in [6, 6.07) is 5.34. The van der Waals surface area contributed by atoms with Crippen LogP contribution >= 0.6 is 0 Å². The number of methoxy groups -OCH3 is 1. The average Bonchev–Trinajstić information content (AvgIpc) is 2.96. The lowest BCUT2D eigenvalue weighted by molar-refractivity contribution is -0.121. The van der Waals surface area contributed by atoms with Crippen molar-refractivity contribution in [2.45, 2.75) is 12.8 Å². The number of rotatable bonds is 11. The Morgan fingerprint density at radius 2 is 1.65 bits per heavy atom. The standard InChI is InChI=1S/C18H27N3O5/c1-20(7-8-25-11-12-26-10-9-24-2)14-3-4-15(19)16(13-14)21-17(22)5-6-18(21)23/h3-4,13H,5-12,19H2,1-2H3. The van der Waals surface area contributed by atoms with E-state index in [1.165, 1.54) is 4.90 Å². The summed E-state index contributed by atoms with van der Waals surface area (Å²) in [7, 11) is 3.55. The van der Waals surface area contributed by atoms with E-state index in [9.17, 15) is 9.59 Å². The number of likely N-dealkylation sites (N-methyl/N-ethyl adjacent to an activating group) is 1. The zero-order valence-corrected chi connectivity index (χ0v) is 15.4. The third-order valence-electron chi connectivity index (χ3n) is 4.12. The predicted molar refractivity (Wildman–Crippen MR) is 99.4 cm³/mol. The molecular formula is C18H27N3O5. The first-order chi connectivity index (χ1) is 12.5. The highest BCUT2D eigenvalue weighted by Gasteiger charge is 2.31. The molecule has 0 aliphatic carbocycles. The maximum atomic E-state index is 12.0. The topological polar surface area (TPSA) is 94.3 Å². The van der Waals surface area contributed by atoms with Gasteiger partial charge in [0.2, 0.25) is 11.8 Å². The van der Waals surface area contributed by atoms with Crippen molar-refractivity contribution in [2.24, 2.45) is 0 Å². The second kappa shape index (κ2) is 10.1. The van der Waals surface area contributed by atoms with Crippen LogP contribution in [-0.4, -0.2) is 65.6 Å². The number of nitrogens with two attached hydrogens (primary N) is 1. The number of carbonyl (C=O) groups is 2. The lowest BCUT2D eigenvalue weighted by Crippen LogP contribution is -2.30. The molecule has 1 fully saturated rings. The van der Waals surface area contributed by atoms with Gasteiger partial charge in [-0.25, -0.2) is 4.90 Å². The van der Waals surface area contributed by atoms with Gasteiger partial charge in [0.1, 0.15) is 0 Å². The Balaban J connectivity index is 1.84. The molecule has 0 unspecified atom stereocenters. The van der Waals surface area contributed by atoms with Gasteiger partial charge in [-0.1, -0.05) is 0 Å². The van der Waals surface area contributed by atoms with Gasteiger partial charge in [-0.3, -0.25) is 9.59 Å². The van der Waals surface area contributed by atoms with Gasteiger partial charge in [0, 0.05) is 39.2 Å². The molecule has 0 bridgehead atoms. The predicted octanol–water partition coefficient (Wildman–Crippen LogP) is 1.04. The van der Waals surface area contributed by atoms with E-state index in [2.05, 4.69) is 0 Å². The van der Waals surface area contributed by atoms with Crippen molar-refractivity contribution in [1.82, 2.24) is 0 Å². The number of hydrogen-bond acceptors (Lipinski definition) is 7. The Kier molecular flexibility index (Phi) is 7.83. The quantitative estimate of drug-likeness (QED) is 0.356. The fraction of sp³-hybridized carbons (Fsp3) is 0.556. The van der Waals surface area contributed by atoms with Gasteiger partial charge in [-0.2, -0.15) is 0 Å². The Labute approximate surface area is 153 Å². The third-order valence-corrected chi connectivity index (χ3v) is 4.12.